The van der Waals surface area contributed by atoms with Crippen molar-refractivity contribution in [1.29, 1.82) is 0 Å². The lowest BCUT2D eigenvalue weighted by Gasteiger charge is -2.51. The first-order valence-corrected chi connectivity index (χ1v) is 9.39. The largest absolute Gasteiger partial charge is 0.389 e. The fraction of sp³-hybridized carbons (Fsp3) is 1.00. The van der Waals surface area contributed by atoms with E-state index in [2.05, 4.69) is 20.8 Å². The number of hydrogen-bond donors (Lipinski definition) is 2. The molecule has 0 aromatic rings. The van der Waals surface area contributed by atoms with Crippen molar-refractivity contribution in [3.05, 3.63) is 0 Å². The van der Waals surface area contributed by atoms with Crippen molar-refractivity contribution < 1.29 is 5.11 Å². The minimum absolute atomic E-state index is 0.00101. The Morgan fingerprint density at radius 2 is 1.71 bits per heavy atom. The molecular weight excluding hydrogens is 258 g/mol. The van der Waals surface area contributed by atoms with Crippen LogP contribution in [-0.4, -0.2) is 17.3 Å². The molecule has 0 aromatic heterocycles. The first kappa shape index (κ1) is 17.3. The molecule has 2 aliphatic carbocycles. The maximum atomic E-state index is 11.5. The van der Waals surface area contributed by atoms with Gasteiger partial charge in [0.2, 0.25) is 0 Å². The Morgan fingerprint density at radius 1 is 1.05 bits per heavy atom. The first-order chi connectivity index (χ1) is 9.96. The Kier molecular flexibility index (Phi) is 5.76. The minimum Gasteiger partial charge on any atom is -0.389 e. The Labute approximate surface area is 131 Å². The lowest BCUT2D eigenvalue weighted by atomic mass is 9.58. The van der Waals surface area contributed by atoms with Crippen LogP contribution in [0.1, 0.15) is 85.0 Å². The molecule has 0 spiro atoms. The molecule has 0 bridgehead atoms. The second kappa shape index (κ2) is 7.00. The van der Waals surface area contributed by atoms with Gasteiger partial charge < -0.3 is 10.8 Å². The van der Waals surface area contributed by atoms with Crippen LogP contribution in [0.3, 0.4) is 0 Å². The van der Waals surface area contributed by atoms with Crippen molar-refractivity contribution in [3.63, 3.8) is 0 Å². The highest BCUT2D eigenvalue weighted by Crippen LogP contribution is 2.52. The molecule has 0 heterocycles. The van der Waals surface area contributed by atoms with Crippen molar-refractivity contribution in [2.24, 2.45) is 28.9 Å². The summed E-state index contributed by atoms with van der Waals surface area (Å²) in [5.74, 6) is 2.43. The Bertz CT molecular complexity index is 320. The zero-order valence-electron chi connectivity index (χ0n) is 14.5. The summed E-state index contributed by atoms with van der Waals surface area (Å²) in [4.78, 5) is 0. The average molecular weight is 296 g/mol. The van der Waals surface area contributed by atoms with Crippen LogP contribution in [0.15, 0.2) is 0 Å². The third kappa shape index (κ3) is 3.47. The van der Waals surface area contributed by atoms with E-state index in [4.69, 9.17) is 5.73 Å². The summed E-state index contributed by atoms with van der Waals surface area (Å²) in [6, 6.07) is 0. The molecular formula is C19H37NO. The maximum Gasteiger partial charge on any atom is 0.0715 e. The standard InChI is InChI=1S/C19H37NO/c1-4-16-6-5-10-19(21,13-7-16)18(14-20)11-8-17(9-12-18)15(2)3/h15-17,21H,4-14,20H2,1-3H3. The van der Waals surface area contributed by atoms with Crippen LogP contribution in [-0.2, 0) is 0 Å². The van der Waals surface area contributed by atoms with Gasteiger partial charge in [-0.1, -0.05) is 40.0 Å². The van der Waals surface area contributed by atoms with Crippen LogP contribution in [0, 0.1) is 23.2 Å². The van der Waals surface area contributed by atoms with Crippen LogP contribution in [0.4, 0.5) is 0 Å². The summed E-state index contributed by atoms with van der Waals surface area (Å²) >= 11 is 0. The van der Waals surface area contributed by atoms with E-state index in [1.807, 2.05) is 0 Å². The van der Waals surface area contributed by atoms with Crippen molar-refractivity contribution >= 4 is 0 Å². The summed E-state index contributed by atoms with van der Waals surface area (Å²) in [6.07, 6.45) is 11.7. The predicted molar refractivity (Wildman–Crippen MR) is 90.1 cm³/mol. The zero-order valence-corrected chi connectivity index (χ0v) is 14.5. The van der Waals surface area contributed by atoms with Crippen molar-refractivity contribution in [2.75, 3.05) is 6.54 Å². The van der Waals surface area contributed by atoms with E-state index >= 15 is 0 Å². The topological polar surface area (TPSA) is 46.2 Å². The van der Waals surface area contributed by atoms with Gasteiger partial charge in [0.1, 0.15) is 0 Å². The third-order valence-electron chi connectivity index (χ3n) is 7.05. The summed E-state index contributed by atoms with van der Waals surface area (Å²) in [6.45, 7) is 7.64. The highest BCUT2D eigenvalue weighted by atomic mass is 16.3. The molecule has 2 rings (SSSR count). The zero-order chi connectivity index (χ0) is 15.5. The van der Waals surface area contributed by atoms with Gasteiger partial charge in [-0.3, -0.25) is 0 Å². The summed E-state index contributed by atoms with van der Waals surface area (Å²) in [5.41, 5.74) is 5.74. The van der Waals surface area contributed by atoms with E-state index in [1.165, 1.54) is 38.5 Å². The Balaban J connectivity index is 2.09. The van der Waals surface area contributed by atoms with Gasteiger partial charge in [-0.25, -0.2) is 0 Å². The van der Waals surface area contributed by atoms with Gasteiger partial charge in [-0.15, -0.1) is 0 Å². The minimum atomic E-state index is -0.492. The van der Waals surface area contributed by atoms with E-state index in [9.17, 15) is 5.11 Å². The Hall–Kier alpha value is -0.0800. The molecule has 21 heavy (non-hydrogen) atoms. The van der Waals surface area contributed by atoms with E-state index in [0.717, 1.165) is 43.4 Å². The fourth-order valence-corrected chi connectivity index (χ4v) is 5.05. The maximum absolute atomic E-state index is 11.5. The molecule has 2 unspecified atom stereocenters. The van der Waals surface area contributed by atoms with Crippen LogP contribution < -0.4 is 5.73 Å². The van der Waals surface area contributed by atoms with Gasteiger partial charge in [0, 0.05) is 12.0 Å². The van der Waals surface area contributed by atoms with E-state index < -0.39 is 5.60 Å². The van der Waals surface area contributed by atoms with Gasteiger partial charge in [-0.05, 0) is 62.7 Å². The number of hydrogen-bond acceptors (Lipinski definition) is 2. The van der Waals surface area contributed by atoms with Gasteiger partial charge in [0.05, 0.1) is 5.60 Å². The molecule has 2 heteroatoms. The fourth-order valence-electron chi connectivity index (χ4n) is 5.05. The second-order valence-electron chi connectivity index (χ2n) is 8.30. The van der Waals surface area contributed by atoms with E-state index in [0.29, 0.717) is 6.54 Å². The van der Waals surface area contributed by atoms with E-state index in [-0.39, 0.29) is 5.41 Å². The summed E-state index contributed by atoms with van der Waals surface area (Å²) in [5, 5.41) is 11.5. The summed E-state index contributed by atoms with van der Waals surface area (Å²) in [7, 11) is 0. The smallest absolute Gasteiger partial charge is 0.0715 e. The molecule has 0 radical (unpaired) electrons. The lowest BCUT2D eigenvalue weighted by molar-refractivity contribution is -0.117. The SMILES string of the molecule is CCC1CCCC(O)(C2(CN)CCC(C(C)C)CC2)CC1. The van der Waals surface area contributed by atoms with Crippen LogP contribution in [0.5, 0.6) is 0 Å². The molecule has 2 nitrogen and oxygen atoms in total. The second-order valence-corrected chi connectivity index (χ2v) is 8.30. The van der Waals surface area contributed by atoms with Crippen LogP contribution >= 0.6 is 0 Å². The number of rotatable bonds is 4. The molecule has 2 atom stereocenters. The number of aliphatic hydroxyl groups is 1. The first-order valence-electron chi connectivity index (χ1n) is 9.39. The average Bonchev–Trinajstić information content (AvgIpc) is 2.70. The highest BCUT2D eigenvalue weighted by molar-refractivity contribution is 5.03. The van der Waals surface area contributed by atoms with Gasteiger partial charge in [0.15, 0.2) is 0 Å². The molecule has 0 amide bonds. The molecule has 2 saturated carbocycles. The highest BCUT2D eigenvalue weighted by Gasteiger charge is 2.50. The third-order valence-corrected chi connectivity index (χ3v) is 7.05. The molecule has 124 valence electrons. The van der Waals surface area contributed by atoms with Gasteiger partial charge >= 0.3 is 0 Å². The van der Waals surface area contributed by atoms with Gasteiger partial charge in [-0.2, -0.15) is 0 Å². The van der Waals surface area contributed by atoms with E-state index in [1.54, 1.807) is 0 Å². The molecule has 0 aromatic carbocycles. The normalized spacial score (nSPS) is 42.0. The van der Waals surface area contributed by atoms with Crippen LogP contribution in [0.25, 0.3) is 0 Å². The van der Waals surface area contributed by atoms with Gasteiger partial charge in [0.25, 0.3) is 0 Å². The monoisotopic (exact) mass is 295 g/mol. The molecule has 0 saturated heterocycles. The Morgan fingerprint density at radius 3 is 2.24 bits per heavy atom. The van der Waals surface area contributed by atoms with Crippen LogP contribution in [0.2, 0.25) is 0 Å². The predicted octanol–water partition coefficient (Wildman–Crippen LogP) is 4.50. The molecule has 2 aliphatic rings. The van der Waals surface area contributed by atoms with Crippen molar-refractivity contribution in [3.8, 4) is 0 Å². The molecule has 2 fully saturated rings. The lowest BCUT2D eigenvalue weighted by Crippen LogP contribution is -2.54. The van der Waals surface area contributed by atoms with Crippen molar-refractivity contribution in [1.82, 2.24) is 0 Å². The quantitative estimate of drug-likeness (QED) is 0.750. The number of nitrogens with two attached hydrogens (primary N) is 1. The summed E-state index contributed by atoms with van der Waals surface area (Å²) < 4.78 is 0. The van der Waals surface area contributed by atoms with Crippen molar-refractivity contribution in [2.45, 2.75) is 90.6 Å². The molecule has 0 aliphatic heterocycles. The molecule has 3 N–H and O–H groups in total.